The van der Waals surface area contributed by atoms with Gasteiger partial charge in [-0.3, -0.25) is 0 Å². The van der Waals surface area contributed by atoms with Crippen LogP contribution in [0.5, 0.6) is 0 Å². The standard InChI is InChI=1S/C13H24O/c1-5-6-7-8-9-12(2)10-11-13(3,4)14/h8-12,14H,5-7H2,1-4H3/b9-8+,11-10+. The van der Waals surface area contributed by atoms with Gasteiger partial charge in [-0.2, -0.15) is 0 Å². The minimum atomic E-state index is -0.689. The lowest BCUT2D eigenvalue weighted by Gasteiger charge is -2.11. The Balaban J connectivity index is 3.80. The van der Waals surface area contributed by atoms with Gasteiger partial charge in [0.1, 0.15) is 0 Å². The van der Waals surface area contributed by atoms with Gasteiger partial charge in [0, 0.05) is 0 Å². The second-order valence-electron chi connectivity index (χ2n) is 4.44. The maximum atomic E-state index is 9.47. The summed E-state index contributed by atoms with van der Waals surface area (Å²) in [5.41, 5.74) is -0.689. The molecule has 1 heteroatoms. The first-order chi connectivity index (χ1) is 6.45. The normalized spacial score (nSPS) is 15.5. The van der Waals surface area contributed by atoms with Crippen LogP contribution in [0.3, 0.4) is 0 Å². The topological polar surface area (TPSA) is 20.2 Å². The zero-order chi connectivity index (χ0) is 11.0. The van der Waals surface area contributed by atoms with Crippen LogP contribution in [-0.4, -0.2) is 10.7 Å². The molecule has 0 saturated heterocycles. The fraction of sp³-hybridized carbons (Fsp3) is 0.692. The smallest absolute Gasteiger partial charge is 0.0771 e. The Morgan fingerprint density at radius 3 is 2.43 bits per heavy atom. The van der Waals surface area contributed by atoms with Gasteiger partial charge >= 0.3 is 0 Å². The van der Waals surface area contributed by atoms with Crippen molar-refractivity contribution in [1.82, 2.24) is 0 Å². The summed E-state index contributed by atoms with van der Waals surface area (Å²) in [6.07, 6.45) is 12.0. The van der Waals surface area contributed by atoms with Crippen molar-refractivity contribution in [3.05, 3.63) is 24.3 Å². The summed E-state index contributed by atoms with van der Waals surface area (Å²) in [7, 11) is 0. The molecule has 0 aliphatic carbocycles. The SMILES string of the molecule is CCCC/C=C/C(C)/C=C/C(C)(C)O. The van der Waals surface area contributed by atoms with Crippen LogP contribution in [0, 0.1) is 5.92 Å². The van der Waals surface area contributed by atoms with Gasteiger partial charge in [0.25, 0.3) is 0 Å². The third-order valence-electron chi connectivity index (χ3n) is 1.97. The third kappa shape index (κ3) is 9.53. The zero-order valence-electron chi connectivity index (χ0n) is 9.96. The number of hydrogen-bond donors (Lipinski definition) is 1. The molecule has 0 aromatic carbocycles. The number of hydrogen-bond acceptors (Lipinski definition) is 1. The fourth-order valence-corrected chi connectivity index (χ4v) is 1.08. The molecule has 1 atom stereocenters. The molecule has 0 aliphatic rings. The molecule has 0 heterocycles. The number of aliphatic hydroxyl groups is 1. The van der Waals surface area contributed by atoms with Crippen LogP contribution in [0.1, 0.15) is 47.0 Å². The van der Waals surface area contributed by atoms with Crippen molar-refractivity contribution in [3.63, 3.8) is 0 Å². The molecular weight excluding hydrogens is 172 g/mol. The second-order valence-corrected chi connectivity index (χ2v) is 4.44. The number of allylic oxidation sites excluding steroid dienone is 3. The summed E-state index contributed by atoms with van der Waals surface area (Å²) in [5.74, 6) is 0.415. The Bertz CT molecular complexity index is 184. The average Bonchev–Trinajstić information content (AvgIpc) is 2.08. The van der Waals surface area contributed by atoms with Crippen LogP contribution in [0.4, 0.5) is 0 Å². The predicted molar refractivity (Wildman–Crippen MR) is 63.3 cm³/mol. The molecule has 0 saturated carbocycles. The van der Waals surface area contributed by atoms with E-state index in [-0.39, 0.29) is 0 Å². The van der Waals surface area contributed by atoms with Gasteiger partial charge in [-0.05, 0) is 26.2 Å². The minimum Gasteiger partial charge on any atom is -0.386 e. The van der Waals surface area contributed by atoms with Crippen LogP contribution in [0.15, 0.2) is 24.3 Å². The van der Waals surface area contributed by atoms with Crippen molar-refractivity contribution in [3.8, 4) is 0 Å². The highest BCUT2D eigenvalue weighted by atomic mass is 16.3. The third-order valence-corrected chi connectivity index (χ3v) is 1.97. The van der Waals surface area contributed by atoms with Gasteiger partial charge in [-0.15, -0.1) is 0 Å². The van der Waals surface area contributed by atoms with E-state index in [1.807, 2.05) is 12.2 Å². The van der Waals surface area contributed by atoms with Crippen LogP contribution in [-0.2, 0) is 0 Å². The highest BCUT2D eigenvalue weighted by Gasteiger charge is 2.05. The molecule has 0 fully saturated rings. The van der Waals surface area contributed by atoms with E-state index in [1.54, 1.807) is 13.8 Å². The first-order valence-electron chi connectivity index (χ1n) is 5.54. The van der Waals surface area contributed by atoms with Crippen molar-refractivity contribution in [2.45, 2.75) is 52.6 Å². The summed E-state index contributed by atoms with van der Waals surface area (Å²) in [6, 6.07) is 0. The van der Waals surface area contributed by atoms with E-state index in [4.69, 9.17) is 0 Å². The molecule has 0 radical (unpaired) electrons. The van der Waals surface area contributed by atoms with E-state index < -0.39 is 5.60 Å². The number of rotatable bonds is 6. The Morgan fingerprint density at radius 2 is 1.93 bits per heavy atom. The first-order valence-corrected chi connectivity index (χ1v) is 5.54. The van der Waals surface area contributed by atoms with Crippen molar-refractivity contribution >= 4 is 0 Å². The fourth-order valence-electron chi connectivity index (χ4n) is 1.08. The first kappa shape index (κ1) is 13.4. The molecule has 1 nitrogen and oxygen atoms in total. The van der Waals surface area contributed by atoms with Gasteiger partial charge < -0.3 is 5.11 Å². The van der Waals surface area contributed by atoms with Crippen LogP contribution in [0.25, 0.3) is 0 Å². The van der Waals surface area contributed by atoms with E-state index >= 15 is 0 Å². The Hall–Kier alpha value is -0.560. The van der Waals surface area contributed by atoms with Crippen molar-refractivity contribution in [2.24, 2.45) is 5.92 Å². The molecule has 0 aliphatic heterocycles. The summed E-state index contributed by atoms with van der Waals surface area (Å²) in [5, 5.41) is 9.47. The molecule has 0 bridgehead atoms. The summed E-state index contributed by atoms with van der Waals surface area (Å²) in [6.45, 7) is 7.91. The van der Waals surface area contributed by atoms with Gasteiger partial charge in [0.15, 0.2) is 0 Å². The van der Waals surface area contributed by atoms with E-state index in [0.717, 1.165) is 6.42 Å². The lowest BCUT2D eigenvalue weighted by molar-refractivity contribution is 0.132. The summed E-state index contributed by atoms with van der Waals surface area (Å²) in [4.78, 5) is 0. The summed E-state index contributed by atoms with van der Waals surface area (Å²) >= 11 is 0. The Labute approximate surface area is 88.5 Å². The highest BCUT2D eigenvalue weighted by molar-refractivity contribution is 5.03. The van der Waals surface area contributed by atoms with E-state index in [2.05, 4.69) is 26.0 Å². The van der Waals surface area contributed by atoms with Gasteiger partial charge in [0.05, 0.1) is 5.60 Å². The average molecular weight is 196 g/mol. The largest absolute Gasteiger partial charge is 0.386 e. The maximum Gasteiger partial charge on any atom is 0.0771 e. The predicted octanol–water partition coefficient (Wildman–Crippen LogP) is 3.70. The number of unbranched alkanes of at least 4 members (excludes halogenated alkanes) is 2. The van der Waals surface area contributed by atoms with Crippen molar-refractivity contribution < 1.29 is 5.11 Å². The van der Waals surface area contributed by atoms with E-state index in [1.165, 1.54) is 12.8 Å². The molecule has 0 rings (SSSR count). The molecule has 0 amide bonds. The zero-order valence-corrected chi connectivity index (χ0v) is 9.96. The quantitative estimate of drug-likeness (QED) is 0.507. The Kier molecular flexibility index (Phi) is 6.56. The minimum absolute atomic E-state index is 0.415. The summed E-state index contributed by atoms with van der Waals surface area (Å²) < 4.78 is 0. The molecule has 14 heavy (non-hydrogen) atoms. The van der Waals surface area contributed by atoms with Crippen LogP contribution in [0.2, 0.25) is 0 Å². The van der Waals surface area contributed by atoms with E-state index in [9.17, 15) is 5.11 Å². The maximum absolute atomic E-state index is 9.47. The molecule has 0 aromatic heterocycles. The van der Waals surface area contributed by atoms with Crippen LogP contribution < -0.4 is 0 Å². The Morgan fingerprint density at radius 1 is 1.29 bits per heavy atom. The molecular formula is C13H24O. The van der Waals surface area contributed by atoms with E-state index in [0.29, 0.717) is 5.92 Å². The molecule has 1 N–H and O–H groups in total. The highest BCUT2D eigenvalue weighted by Crippen LogP contribution is 2.08. The van der Waals surface area contributed by atoms with Crippen molar-refractivity contribution in [1.29, 1.82) is 0 Å². The van der Waals surface area contributed by atoms with Crippen LogP contribution >= 0.6 is 0 Å². The molecule has 1 unspecified atom stereocenters. The molecule has 0 spiro atoms. The van der Waals surface area contributed by atoms with Crippen molar-refractivity contribution in [2.75, 3.05) is 0 Å². The molecule has 82 valence electrons. The van der Waals surface area contributed by atoms with Gasteiger partial charge in [-0.25, -0.2) is 0 Å². The van der Waals surface area contributed by atoms with Gasteiger partial charge in [-0.1, -0.05) is 51.0 Å². The second kappa shape index (κ2) is 6.83. The monoisotopic (exact) mass is 196 g/mol. The lowest BCUT2D eigenvalue weighted by Crippen LogP contribution is -2.14. The molecule has 0 aromatic rings. The lowest BCUT2D eigenvalue weighted by atomic mass is 10.0. The van der Waals surface area contributed by atoms with Gasteiger partial charge in [0.2, 0.25) is 0 Å².